The molecule has 0 atom stereocenters. The number of carboxylic acids is 1. The maximum atomic E-state index is 12.3. The van der Waals surface area contributed by atoms with Crippen molar-refractivity contribution in [1.82, 2.24) is 5.32 Å². The lowest BCUT2D eigenvalue weighted by Gasteiger charge is -2.12. The van der Waals surface area contributed by atoms with Crippen molar-refractivity contribution in [3.05, 3.63) is 59.2 Å². The third kappa shape index (κ3) is 3.79. The fourth-order valence-corrected chi connectivity index (χ4v) is 2.11. The number of carbonyl (C=O) groups excluding carboxylic acids is 1. The number of hydrogen-bond acceptors (Lipinski definition) is 4. The summed E-state index contributed by atoms with van der Waals surface area (Å²) >= 11 is 0. The molecule has 23 heavy (non-hydrogen) atoms. The summed E-state index contributed by atoms with van der Waals surface area (Å²) in [5.41, 5.74) is 1.37. The summed E-state index contributed by atoms with van der Waals surface area (Å²) in [6, 6.07) is 11.4. The summed E-state index contributed by atoms with van der Waals surface area (Å²) in [6.07, 6.45) is 0. The molecule has 0 aromatic heterocycles. The first-order valence-electron chi connectivity index (χ1n) is 6.88. The zero-order valence-electron chi connectivity index (χ0n) is 12.8. The number of amides is 1. The molecule has 6 nitrogen and oxygen atoms in total. The van der Waals surface area contributed by atoms with Gasteiger partial charge >= 0.3 is 5.97 Å². The smallest absolute Gasteiger partial charge is 0.335 e. The molecular weight excluding hydrogens is 298 g/mol. The molecular formula is C17H17NO5. The second-order valence-electron chi connectivity index (χ2n) is 4.73. The van der Waals surface area contributed by atoms with Crippen molar-refractivity contribution in [3.8, 4) is 11.5 Å². The van der Waals surface area contributed by atoms with Crippen molar-refractivity contribution in [3.63, 3.8) is 0 Å². The Bertz CT molecular complexity index is 709. The normalized spacial score (nSPS) is 10.0. The first-order valence-corrected chi connectivity index (χ1v) is 6.88. The first kappa shape index (κ1) is 16.4. The number of methoxy groups -OCH3 is 2. The molecule has 1 amide bonds. The third-order valence-electron chi connectivity index (χ3n) is 3.30. The number of ether oxygens (including phenoxy) is 2. The molecule has 0 unspecified atom stereocenters. The number of carboxylic acid groups (broad SMARTS) is 1. The lowest BCUT2D eigenvalue weighted by atomic mass is 10.1. The van der Waals surface area contributed by atoms with Crippen molar-refractivity contribution in [1.29, 1.82) is 0 Å². The summed E-state index contributed by atoms with van der Waals surface area (Å²) in [7, 11) is 2.98. The fourth-order valence-electron chi connectivity index (χ4n) is 2.11. The van der Waals surface area contributed by atoms with Crippen LogP contribution in [0.15, 0.2) is 42.5 Å². The molecule has 0 fully saturated rings. The van der Waals surface area contributed by atoms with Gasteiger partial charge in [-0.2, -0.15) is 0 Å². The van der Waals surface area contributed by atoms with Crippen LogP contribution in [0, 0.1) is 0 Å². The number of benzene rings is 2. The number of aromatic carboxylic acids is 1. The summed E-state index contributed by atoms with van der Waals surface area (Å²) in [5.74, 6) is -0.440. The highest BCUT2D eigenvalue weighted by Crippen LogP contribution is 2.30. The van der Waals surface area contributed by atoms with Crippen molar-refractivity contribution < 1.29 is 24.2 Å². The molecule has 6 heteroatoms. The molecule has 0 radical (unpaired) electrons. The van der Waals surface area contributed by atoms with E-state index in [1.807, 2.05) is 0 Å². The van der Waals surface area contributed by atoms with Gasteiger partial charge in [0.05, 0.1) is 25.3 Å². The summed E-state index contributed by atoms with van der Waals surface area (Å²) in [4.78, 5) is 23.1. The molecule has 2 N–H and O–H groups in total. The molecule has 0 saturated heterocycles. The van der Waals surface area contributed by atoms with E-state index in [4.69, 9.17) is 14.6 Å². The van der Waals surface area contributed by atoms with Crippen LogP contribution >= 0.6 is 0 Å². The molecule has 0 heterocycles. The molecule has 2 aromatic rings. The Balaban J connectivity index is 2.09. The Morgan fingerprint density at radius 3 is 2.30 bits per heavy atom. The van der Waals surface area contributed by atoms with Crippen LogP contribution in [-0.4, -0.2) is 31.2 Å². The maximum absolute atomic E-state index is 12.3. The van der Waals surface area contributed by atoms with E-state index in [1.54, 1.807) is 30.3 Å². The molecule has 0 aliphatic rings. The Hall–Kier alpha value is -3.02. The maximum Gasteiger partial charge on any atom is 0.335 e. The molecule has 0 aliphatic heterocycles. The quantitative estimate of drug-likeness (QED) is 0.854. The fraction of sp³-hybridized carbons (Fsp3) is 0.176. The van der Waals surface area contributed by atoms with E-state index in [-0.39, 0.29) is 18.0 Å². The van der Waals surface area contributed by atoms with E-state index in [1.165, 1.54) is 26.4 Å². The number of nitrogens with one attached hydrogen (secondary N) is 1. The summed E-state index contributed by atoms with van der Waals surface area (Å²) in [6.45, 7) is 0.277. The van der Waals surface area contributed by atoms with Gasteiger partial charge in [-0.1, -0.05) is 18.2 Å². The first-order chi connectivity index (χ1) is 11.1. The number of rotatable bonds is 6. The van der Waals surface area contributed by atoms with E-state index in [0.717, 1.165) is 5.56 Å². The van der Waals surface area contributed by atoms with Gasteiger partial charge in [0.1, 0.15) is 0 Å². The largest absolute Gasteiger partial charge is 0.493 e. The van der Waals surface area contributed by atoms with Gasteiger partial charge in [0, 0.05) is 6.54 Å². The third-order valence-corrected chi connectivity index (χ3v) is 3.30. The van der Waals surface area contributed by atoms with E-state index in [0.29, 0.717) is 17.1 Å². The molecule has 120 valence electrons. The van der Waals surface area contributed by atoms with Gasteiger partial charge in [0.25, 0.3) is 5.91 Å². The van der Waals surface area contributed by atoms with Crippen LogP contribution in [0.25, 0.3) is 0 Å². The minimum absolute atomic E-state index is 0.203. The van der Waals surface area contributed by atoms with Gasteiger partial charge in [-0.25, -0.2) is 4.79 Å². The van der Waals surface area contributed by atoms with Crippen molar-refractivity contribution in [2.75, 3.05) is 14.2 Å². The van der Waals surface area contributed by atoms with Gasteiger partial charge < -0.3 is 19.9 Å². The Kier molecular flexibility index (Phi) is 5.19. The second-order valence-corrected chi connectivity index (χ2v) is 4.73. The predicted octanol–water partition coefficient (Wildman–Crippen LogP) is 2.33. The van der Waals surface area contributed by atoms with Crippen LogP contribution in [0.1, 0.15) is 26.3 Å². The second kappa shape index (κ2) is 7.31. The molecule has 0 aliphatic carbocycles. The van der Waals surface area contributed by atoms with E-state index >= 15 is 0 Å². The molecule has 2 rings (SSSR count). The zero-order chi connectivity index (χ0) is 16.8. The Morgan fingerprint density at radius 1 is 1.04 bits per heavy atom. The number of para-hydroxylation sites is 1. The van der Waals surface area contributed by atoms with Crippen LogP contribution in [0.3, 0.4) is 0 Å². The standard InChI is InChI=1S/C17H17NO5/c1-22-14-5-3-4-13(15(14)23-2)16(19)18-10-11-6-8-12(9-7-11)17(20)21/h3-9H,10H2,1-2H3,(H,18,19)(H,20,21). The van der Waals surface area contributed by atoms with Gasteiger partial charge in [0.15, 0.2) is 11.5 Å². The summed E-state index contributed by atoms with van der Waals surface area (Å²) < 4.78 is 10.4. The van der Waals surface area contributed by atoms with Gasteiger partial charge in [-0.3, -0.25) is 4.79 Å². The monoisotopic (exact) mass is 315 g/mol. The number of hydrogen-bond donors (Lipinski definition) is 2. The lowest BCUT2D eigenvalue weighted by Crippen LogP contribution is -2.23. The highest BCUT2D eigenvalue weighted by atomic mass is 16.5. The van der Waals surface area contributed by atoms with Crippen LogP contribution in [0.4, 0.5) is 0 Å². The predicted molar refractivity (Wildman–Crippen MR) is 84.1 cm³/mol. The van der Waals surface area contributed by atoms with Crippen LogP contribution in [0.5, 0.6) is 11.5 Å². The van der Waals surface area contributed by atoms with Crippen LogP contribution in [0.2, 0.25) is 0 Å². The Labute approximate surface area is 133 Å². The number of carbonyl (C=O) groups is 2. The average molecular weight is 315 g/mol. The van der Waals surface area contributed by atoms with Crippen molar-refractivity contribution >= 4 is 11.9 Å². The van der Waals surface area contributed by atoms with Gasteiger partial charge in [-0.05, 0) is 29.8 Å². The minimum Gasteiger partial charge on any atom is -0.493 e. The molecule has 0 saturated carbocycles. The highest BCUT2D eigenvalue weighted by Gasteiger charge is 2.16. The average Bonchev–Trinajstić information content (AvgIpc) is 2.59. The SMILES string of the molecule is COc1cccc(C(=O)NCc2ccc(C(=O)O)cc2)c1OC. The van der Waals surface area contributed by atoms with Gasteiger partial charge in [-0.15, -0.1) is 0 Å². The van der Waals surface area contributed by atoms with Gasteiger partial charge in [0.2, 0.25) is 0 Å². The molecule has 0 spiro atoms. The highest BCUT2D eigenvalue weighted by molar-refractivity contribution is 5.97. The van der Waals surface area contributed by atoms with Crippen LogP contribution in [-0.2, 0) is 6.54 Å². The van der Waals surface area contributed by atoms with Crippen LogP contribution < -0.4 is 14.8 Å². The molecule has 0 bridgehead atoms. The molecule has 2 aromatic carbocycles. The lowest BCUT2D eigenvalue weighted by molar-refractivity contribution is 0.0696. The van der Waals surface area contributed by atoms with E-state index in [9.17, 15) is 9.59 Å². The zero-order valence-corrected chi connectivity index (χ0v) is 12.8. The van der Waals surface area contributed by atoms with Crippen molar-refractivity contribution in [2.45, 2.75) is 6.54 Å². The van der Waals surface area contributed by atoms with E-state index < -0.39 is 5.97 Å². The summed E-state index contributed by atoms with van der Waals surface area (Å²) in [5, 5.41) is 11.6. The van der Waals surface area contributed by atoms with Crippen molar-refractivity contribution in [2.24, 2.45) is 0 Å². The minimum atomic E-state index is -0.985. The Morgan fingerprint density at radius 2 is 1.74 bits per heavy atom. The topological polar surface area (TPSA) is 84.9 Å². The van der Waals surface area contributed by atoms with E-state index in [2.05, 4.69) is 5.32 Å².